The minimum Gasteiger partial charge on any atom is -0.354 e. The third kappa shape index (κ3) is 5.30. The van der Waals surface area contributed by atoms with Crippen molar-refractivity contribution in [2.45, 2.75) is 51.6 Å². The molecule has 0 unspecified atom stereocenters. The first-order valence-corrected chi connectivity index (χ1v) is 12.8. The van der Waals surface area contributed by atoms with Gasteiger partial charge in [0.2, 0.25) is 11.8 Å². The van der Waals surface area contributed by atoms with Crippen molar-refractivity contribution in [1.29, 1.82) is 0 Å². The Morgan fingerprint density at radius 1 is 1.09 bits per heavy atom. The molecule has 8 nitrogen and oxygen atoms in total. The fourth-order valence-electron chi connectivity index (χ4n) is 3.95. The summed E-state index contributed by atoms with van der Waals surface area (Å²) in [6.45, 7) is 7.56. The van der Waals surface area contributed by atoms with E-state index in [9.17, 15) is 22.8 Å². The van der Waals surface area contributed by atoms with Crippen molar-refractivity contribution in [1.82, 2.24) is 14.5 Å². The third-order valence-electron chi connectivity index (χ3n) is 5.70. The number of benzene rings is 2. The zero-order valence-corrected chi connectivity index (χ0v) is 20.8. The van der Waals surface area contributed by atoms with Crippen molar-refractivity contribution in [2.75, 3.05) is 13.1 Å². The Labute approximate surface area is 201 Å². The fraction of sp³-hybridized carbons (Fsp3) is 0.400. The van der Waals surface area contributed by atoms with E-state index in [0.717, 1.165) is 11.1 Å². The van der Waals surface area contributed by atoms with E-state index in [1.165, 1.54) is 23.1 Å². The van der Waals surface area contributed by atoms with Crippen molar-refractivity contribution in [3.05, 3.63) is 65.2 Å². The molecule has 1 heterocycles. The average molecular weight is 486 g/mol. The molecular formula is C25H31N3O5S. The molecule has 1 N–H and O–H groups in total. The van der Waals surface area contributed by atoms with Gasteiger partial charge in [-0.3, -0.25) is 14.4 Å². The monoisotopic (exact) mass is 485 g/mol. The minimum absolute atomic E-state index is 0.0438. The van der Waals surface area contributed by atoms with Gasteiger partial charge in [0.15, 0.2) is 0 Å². The predicted molar refractivity (Wildman–Crippen MR) is 128 cm³/mol. The van der Waals surface area contributed by atoms with Crippen molar-refractivity contribution in [3.8, 4) is 0 Å². The van der Waals surface area contributed by atoms with Crippen LogP contribution >= 0.6 is 0 Å². The van der Waals surface area contributed by atoms with Gasteiger partial charge in [-0.1, -0.05) is 62.7 Å². The number of hydrogen-bond donors (Lipinski definition) is 1. The summed E-state index contributed by atoms with van der Waals surface area (Å²) in [5.74, 6) is -1.43. The van der Waals surface area contributed by atoms with Crippen LogP contribution in [0.25, 0.3) is 0 Å². The molecule has 0 spiro atoms. The van der Waals surface area contributed by atoms with E-state index in [1.807, 2.05) is 45.0 Å². The van der Waals surface area contributed by atoms with Gasteiger partial charge >= 0.3 is 0 Å². The molecule has 2 aromatic rings. The standard InChI is InChI=1S/C25H31N3O5S/c1-5-21(24(30)26-14-17(2)3)27(15-19-10-8-9-18(4)13-19)23(29)16-28-25(31)20-11-6-7-12-22(20)34(28,32)33/h6-13,17,21H,5,14-16H2,1-4H3,(H,26,30)/t21-/m1/s1. The first-order valence-electron chi connectivity index (χ1n) is 11.3. The normalized spacial score (nSPS) is 15.2. The summed E-state index contributed by atoms with van der Waals surface area (Å²) in [5, 5.41) is 2.87. The summed E-state index contributed by atoms with van der Waals surface area (Å²) in [7, 11) is -4.14. The van der Waals surface area contributed by atoms with Crippen molar-refractivity contribution < 1.29 is 22.8 Å². The lowest BCUT2D eigenvalue weighted by atomic mass is 10.1. The van der Waals surface area contributed by atoms with Crippen LogP contribution < -0.4 is 5.32 Å². The Hall–Kier alpha value is -3.20. The second-order valence-electron chi connectivity index (χ2n) is 8.89. The maximum atomic E-state index is 13.5. The molecule has 182 valence electrons. The first kappa shape index (κ1) is 25.4. The third-order valence-corrected chi connectivity index (χ3v) is 7.48. The molecule has 1 aliphatic rings. The van der Waals surface area contributed by atoms with Gasteiger partial charge in [0.25, 0.3) is 15.9 Å². The number of amides is 3. The number of sulfonamides is 1. The lowest BCUT2D eigenvalue weighted by Gasteiger charge is -2.32. The Morgan fingerprint density at radius 3 is 2.41 bits per heavy atom. The highest BCUT2D eigenvalue weighted by Crippen LogP contribution is 2.30. The molecule has 2 aromatic carbocycles. The molecule has 0 aromatic heterocycles. The molecule has 0 saturated carbocycles. The number of carbonyl (C=O) groups excluding carboxylic acids is 3. The van der Waals surface area contributed by atoms with Gasteiger partial charge in [-0.25, -0.2) is 12.7 Å². The zero-order chi connectivity index (χ0) is 25.0. The molecule has 3 rings (SSSR count). The highest BCUT2D eigenvalue weighted by atomic mass is 32.2. The van der Waals surface area contributed by atoms with Gasteiger partial charge in [0.1, 0.15) is 17.5 Å². The molecule has 34 heavy (non-hydrogen) atoms. The SMILES string of the molecule is CC[C@H](C(=O)NCC(C)C)N(Cc1cccc(C)c1)C(=O)CN1C(=O)c2ccccc2S1(=O)=O. The van der Waals surface area contributed by atoms with Crippen molar-refractivity contribution >= 4 is 27.7 Å². The molecule has 0 radical (unpaired) electrons. The van der Waals surface area contributed by atoms with E-state index in [0.29, 0.717) is 17.3 Å². The van der Waals surface area contributed by atoms with Gasteiger partial charge < -0.3 is 10.2 Å². The first-order chi connectivity index (χ1) is 16.1. The number of aryl methyl sites for hydroxylation is 1. The molecule has 0 saturated heterocycles. The van der Waals surface area contributed by atoms with Gasteiger partial charge in [-0.15, -0.1) is 0 Å². The Kier molecular flexibility index (Phi) is 7.76. The van der Waals surface area contributed by atoms with E-state index in [4.69, 9.17) is 0 Å². The topological polar surface area (TPSA) is 104 Å². The number of carbonyl (C=O) groups is 3. The van der Waals surface area contributed by atoms with E-state index in [1.54, 1.807) is 13.0 Å². The quantitative estimate of drug-likeness (QED) is 0.588. The number of nitrogens with one attached hydrogen (secondary N) is 1. The summed E-state index contributed by atoms with van der Waals surface area (Å²) in [4.78, 5) is 40.6. The van der Waals surface area contributed by atoms with Crippen LogP contribution in [-0.2, 0) is 26.2 Å². The van der Waals surface area contributed by atoms with Crippen molar-refractivity contribution in [3.63, 3.8) is 0 Å². The highest BCUT2D eigenvalue weighted by Gasteiger charge is 2.43. The summed E-state index contributed by atoms with van der Waals surface area (Å²) >= 11 is 0. The van der Waals surface area contributed by atoms with Gasteiger partial charge in [0.05, 0.1) is 5.56 Å². The molecule has 0 bridgehead atoms. The van der Waals surface area contributed by atoms with Gasteiger partial charge in [-0.2, -0.15) is 0 Å². The van der Waals surface area contributed by atoms with E-state index in [-0.39, 0.29) is 28.8 Å². The van der Waals surface area contributed by atoms with Crippen LogP contribution in [0.5, 0.6) is 0 Å². The number of nitrogens with zero attached hydrogens (tertiary/aromatic N) is 2. The van der Waals surface area contributed by atoms with Crippen molar-refractivity contribution in [2.24, 2.45) is 5.92 Å². The zero-order valence-electron chi connectivity index (χ0n) is 19.9. The lowest BCUT2D eigenvalue weighted by Crippen LogP contribution is -2.52. The molecule has 0 fully saturated rings. The Morgan fingerprint density at radius 2 is 1.79 bits per heavy atom. The fourth-order valence-corrected chi connectivity index (χ4v) is 5.47. The summed E-state index contributed by atoms with van der Waals surface area (Å²) < 4.78 is 26.5. The smallest absolute Gasteiger partial charge is 0.269 e. The average Bonchev–Trinajstić information content (AvgIpc) is 2.98. The van der Waals surface area contributed by atoms with Crippen LogP contribution in [0.2, 0.25) is 0 Å². The molecular weight excluding hydrogens is 454 g/mol. The van der Waals surface area contributed by atoms with Crippen LogP contribution in [0.15, 0.2) is 53.4 Å². The lowest BCUT2D eigenvalue weighted by molar-refractivity contribution is -0.141. The van der Waals surface area contributed by atoms with E-state index in [2.05, 4.69) is 5.32 Å². The number of hydrogen-bond acceptors (Lipinski definition) is 5. The van der Waals surface area contributed by atoms with Gasteiger partial charge in [0, 0.05) is 13.1 Å². The van der Waals surface area contributed by atoms with E-state index < -0.39 is 34.4 Å². The maximum absolute atomic E-state index is 13.5. The molecule has 1 atom stereocenters. The predicted octanol–water partition coefficient (Wildman–Crippen LogP) is 2.72. The Balaban J connectivity index is 1.91. The van der Waals surface area contributed by atoms with Crippen LogP contribution in [0, 0.1) is 12.8 Å². The Bertz CT molecular complexity index is 1190. The van der Waals surface area contributed by atoms with Gasteiger partial charge in [-0.05, 0) is 37.0 Å². The largest absolute Gasteiger partial charge is 0.354 e. The molecule has 3 amide bonds. The van der Waals surface area contributed by atoms with Crippen LogP contribution in [-0.4, -0.2) is 54.5 Å². The maximum Gasteiger partial charge on any atom is 0.269 e. The molecule has 0 aliphatic carbocycles. The summed E-state index contributed by atoms with van der Waals surface area (Å²) in [6, 6.07) is 12.6. The summed E-state index contributed by atoms with van der Waals surface area (Å²) in [6.07, 6.45) is 0.336. The minimum atomic E-state index is -4.14. The molecule has 1 aliphatic heterocycles. The van der Waals surface area contributed by atoms with Crippen LogP contribution in [0.1, 0.15) is 48.7 Å². The highest BCUT2D eigenvalue weighted by molar-refractivity contribution is 7.90. The second-order valence-corrected chi connectivity index (χ2v) is 10.7. The van der Waals surface area contributed by atoms with E-state index >= 15 is 0 Å². The number of rotatable bonds is 9. The molecule has 9 heteroatoms. The second kappa shape index (κ2) is 10.4. The van der Waals surface area contributed by atoms with Crippen LogP contribution in [0.4, 0.5) is 0 Å². The summed E-state index contributed by atoms with van der Waals surface area (Å²) in [5.41, 5.74) is 1.85. The van der Waals surface area contributed by atoms with Crippen LogP contribution in [0.3, 0.4) is 0 Å². The number of fused-ring (bicyclic) bond motifs is 1.